The topological polar surface area (TPSA) is 63.6 Å². The van der Waals surface area contributed by atoms with Crippen LogP contribution in [0.1, 0.15) is 20.7 Å². The van der Waals surface area contributed by atoms with E-state index in [-0.39, 0.29) is 5.75 Å². The van der Waals surface area contributed by atoms with Crippen molar-refractivity contribution in [3.05, 3.63) is 59.7 Å². The van der Waals surface area contributed by atoms with Crippen LogP contribution in [-0.2, 0) is 0 Å². The third kappa shape index (κ3) is 2.74. The van der Waals surface area contributed by atoms with Crippen molar-refractivity contribution < 1.29 is 19.4 Å². The average molecular weight is 242 g/mol. The molecule has 0 bridgehead atoms. The number of esters is 1. The standard InChI is InChI=1S/C14H10O4/c15-9-10-2-1-3-11(8-10)14(17)18-13-6-4-12(16)5-7-13/h1-9,16H. The van der Waals surface area contributed by atoms with Crippen molar-refractivity contribution in [2.45, 2.75) is 0 Å². The lowest BCUT2D eigenvalue weighted by molar-refractivity contribution is 0.0734. The molecule has 0 radical (unpaired) electrons. The Hall–Kier alpha value is -2.62. The molecular weight excluding hydrogens is 232 g/mol. The summed E-state index contributed by atoms with van der Waals surface area (Å²) < 4.78 is 5.09. The minimum Gasteiger partial charge on any atom is -0.508 e. The second kappa shape index (κ2) is 5.14. The zero-order chi connectivity index (χ0) is 13.0. The van der Waals surface area contributed by atoms with Gasteiger partial charge in [0.15, 0.2) is 0 Å². The van der Waals surface area contributed by atoms with Crippen LogP contribution in [-0.4, -0.2) is 17.4 Å². The Balaban J connectivity index is 2.16. The first-order chi connectivity index (χ1) is 8.69. The minimum absolute atomic E-state index is 0.0951. The maximum absolute atomic E-state index is 11.8. The zero-order valence-corrected chi connectivity index (χ0v) is 9.37. The van der Waals surface area contributed by atoms with Crippen LogP contribution in [0.25, 0.3) is 0 Å². The Morgan fingerprint density at radius 1 is 1.11 bits per heavy atom. The van der Waals surface area contributed by atoms with Crippen molar-refractivity contribution in [1.29, 1.82) is 0 Å². The third-order valence-electron chi connectivity index (χ3n) is 2.31. The summed E-state index contributed by atoms with van der Waals surface area (Å²) >= 11 is 0. The largest absolute Gasteiger partial charge is 0.508 e. The molecule has 2 aromatic rings. The number of carbonyl (C=O) groups is 2. The first kappa shape index (κ1) is 11.9. The fourth-order valence-electron chi connectivity index (χ4n) is 1.42. The molecule has 18 heavy (non-hydrogen) atoms. The fourth-order valence-corrected chi connectivity index (χ4v) is 1.42. The van der Waals surface area contributed by atoms with E-state index >= 15 is 0 Å². The lowest BCUT2D eigenvalue weighted by Crippen LogP contribution is -2.08. The first-order valence-electron chi connectivity index (χ1n) is 5.25. The van der Waals surface area contributed by atoms with Crippen molar-refractivity contribution in [2.24, 2.45) is 0 Å². The third-order valence-corrected chi connectivity index (χ3v) is 2.31. The van der Waals surface area contributed by atoms with Gasteiger partial charge in [-0.25, -0.2) is 4.79 Å². The van der Waals surface area contributed by atoms with E-state index in [9.17, 15) is 9.59 Å². The molecule has 4 nitrogen and oxygen atoms in total. The van der Waals surface area contributed by atoms with Gasteiger partial charge in [0.25, 0.3) is 0 Å². The Morgan fingerprint density at radius 2 is 1.83 bits per heavy atom. The van der Waals surface area contributed by atoms with Gasteiger partial charge in [0, 0.05) is 5.56 Å². The van der Waals surface area contributed by atoms with E-state index in [1.807, 2.05) is 0 Å². The quantitative estimate of drug-likeness (QED) is 0.510. The van der Waals surface area contributed by atoms with Gasteiger partial charge in [-0.1, -0.05) is 12.1 Å². The number of hydrogen-bond acceptors (Lipinski definition) is 4. The summed E-state index contributed by atoms with van der Waals surface area (Å²) in [6, 6.07) is 12.0. The van der Waals surface area contributed by atoms with Crippen LogP contribution in [0.2, 0.25) is 0 Å². The molecule has 0 aliphatic carbocycles. The Labute approximate surface area is 103 Å². The molecule has 0 amide bonds. The number of aldehydes is 1. The summed E-state index contributed by atoms with van der Waals surface area (Å²) in [5.41, 5.74) is 0.711. The van der Waals surface area contributed by atoms with Crippen molar-refractivity contribution in [3.8, 4) is 11.5 Å². The molecule has 0 fully saturated rings. The van der Waals surface area contributed by atoms with E-state index < -0.39 is 5.97 Å². The second-order valence-electron chi connectivity index (χ2n) is 3.63. The van der Waals surface area contributed by atoms with Gasteiger partial charge in [-0.3, -0.25) is 4.79 Å². The molecule has 4 heteroatoms. The van der Waals surface area contributed by atoms with Gasteiger partial charge in [-0.15, -0.1) is 0 Å². The molecule has 0 saturated carbocycles. The van der Waals surface area contributed by atoms with Crippen molar-refractivity contribution in [1.82, 2.24) is 0 Å². The Morgan fingerprint density at radius 3 is 2.50 bits per heavy atom. The van der Waals surface area contributed by atoms with E-state index in [0.717, 1.165) is 0 Å². The summed E-state index contributed by atoms with van der Waals surface area (Å²) in [5.74, 6) is -0.128. The van der Waals surface area contributed by atoms with Crippen LogP contribution >= 0.6 is 0 Å². The number of phenolic OH excluding ortho intramolecular Hbond substituents is 1. The van der Waals surface area contributed by atoms with Crippen LogP contribution < -0.4 is 4.74 Å². The van der Waals surface area contributed by atoms with Crippen LogP contribution in [0.15, 0.2) is 48.5 Å². The Bertz CT molecular complexity index is 573. The van der Waals surface area contributed by atoms with Crippen LogP contribution in [0.4, 0.5) is 0 Å². The SMILES string of the molecule is O=Cc1cccc(C(=O)Oc2ccc(O)cc2)c1. The van der Waals surface area contributed by atoms with E-state index in [0.29, 0.717) is 23.2 Å². The molecule has 0 spiro atoms. The smallest absolute Gasteiger partial charge is 0.343 e. The maximum atomic E-state index is 11.8. The summed E-state index contributed by atoms with van der Waals surface area (Å²) in [4.78, 5) is 22.4. The molecular formula is C14H10O4. The molecule has 90 valence electrons. The van der Waals surface area contributed by atoms with Crippen molar-refractivity contribution in [3.63, 3.8) is 0 Å². The average Bonchev–Trinajstić information content (AvgIpc) is 2.41. The van der Waals surface area contributed by atoms with Gasteiger partial charge in [-0.2, -0.15) is 0 Å². The number of aromatic hydroxyl groups is 1. The van der Waals surface area contributed by atoms with Gasteiger partial charge in [0.05, 0.1) is 5.56 Å². The van der Waals surface area contributed by atoms with E-state index in [1.165, 1.54) is 30.3 Å². The Kier molecular flexibility index (Phi) is 3.38. The molecule has 0 atom stereocenters. The van der Waals surface area contributed by atoms with Crippen LogP contribution in [0.3, 0.4) is 0 Å². The first-order valence-corrected chi connectivity index (χ1v) is 5.25. The molecule has 2 rings (SSSR count). The molecule has 1 N–H and O–H groups in total. The molecule has 0 unspecified atom stereocenters. The highest BCUT2D eigenvalue weighted by atomic mass is 16.5. The van der Waals surface area contributed by atoms with Gasteiger partial charge in [0.1, 0.15) is 17.8 Å². The van der Waals surface area contributed by atoms with Crippen LogP contribution in [0.5, 0.6) is 11.5 Å². The van der Waals surface area contributed by atoms with Crippen molar-refractivity contribution in [2.75, 3.05) is 0 Å². The molecule has 0 heterocycles. The second-order valence-corrected chi connectivity index (χ2v) is 3.63. The van der Waals surface area contributed by atoms with Gasteiger partial charge in [0.2, 0.25) is 0 Å². The fraction of sp³-hybridized carbons (Fsp3) is 0. The predicted octanol–water partition coefficient (Wildman–Crippen LogP) is 2.42. The van der Waals surface area contributed by atoms with E-state index in [4.69, 9.17) is 9.84 Å². The highest BCUT2D eigenvalue weighted by Crippen LogP contribution is 2.17. The van der Waals surface area contributed by atoms with Gasteiger partial charge < -0.3 is 9.84 Å². The summed E-state index contributed by atoms with van der Waals surface area (Å²) in [5, 5.41) is 9.10. The minimum atomic E-state index is -0.551. The molecule has 0 aliphatic rings. The molecule has 0 saturated heterocycles. The highest BCUT2D eigenvalue weighted by Gasteiger charge is 2.08. The van der Waals surface area contributed by atoms with Gasteiger partial charge in [-0.05, 0) is 36.4 Å². The number of ether oxygens (including phenoxy) is 1. The molecule has 2 aromatic carbocycles. The molecule has 0 aromatic heterocycles. The molecule has 0 aliphatic heterocycles. The number of carbonyl (C=O) groups excluding carboxylic acids is 2. The highest BCUT2D eigenvalue weighted by molar-refractivity contribution is 5.93. The maximum Gasteiger partial charge on any atom is 0.343 e. The monoisotopic (exact) mass is 242 g/mol. The van der Waals surface area contributed by atoms with Crippen molar-refractivity contribution >= 4 is 12.3 Å². The predicted molar refractivity (Wildman–Crippen MR) is 64.9 cm³/mol. The van der Waals surface area contributed by atoms with E-state index in [2.05, 4.69) is 0 Å². The number of benzene rings is 2. The number of hydrogen-bond donors (Lipinski definition) is 1. The number of phenols is 1. The zero-order valence-electron chi connectivity index (χ0n) is 9.37. The number of rotatable bonds is 3. The summed E-state index contributed by atoms with van der Waals surface area (Å²) in [7, 11) is 0. The van der Waals surface area contributed by atoms with E-state index in [1.54, 1.807) is 18.2 Å². The normalized spacial score (nSPS) is 9.78. The van der Waals surface area contributed by atoms with Crippen LogP contribution in [0, 0.1) is 0 Å². The lowest BCUT2D eigenvalue weighted by Gasteiger charge is -2.04. The summed E-state index contributed by atoms with van der Waals surface area (Å²) in [6.07, 6.45) is 0.664. The summed E-state index contributed by atoms with van der Waals surface area (Å²) in [6.45, 7) is 0. The lowest BCUT2D eigenvalue weighted by atomic mass is 10.1. The van der Waals surface area contributed by atoms with Gasteiger partial charge >= 0.3 is 5.97 Å².